The Balaban J connectivity index is 1.55. The van der Waals surface area contributed by atoms with E-state index in [9.17, 15) is 4.79 Å². The van der Waals surface area contributed by atoms with Crippen LogP contribution >= 0.6 is 0 Å². The second-order valence-corrected chi connectivity index (χ2v) is 7.73. The molecule has 0 aliphatic rings. The van der Waals surface area contributed by atoms with E-state index in [0.717, 1.165) is 39.9 Å². The molecule has 0 spiro atoms. The molecule has 2 N–H and O–H groups in total. The summed E-state index contributed by atoms with van der Waals surface area (Å²) in [6.45, 7) is 4.53. The predicted molar refractivity (Wildman–Crippen MR) is 115 cm³/mol. The summed E-state index contributed by atoms with van der Waals surface area (Å²) < 4.78 is 7.36. The van der Waals surface area contributed by atoms with Gasteiger partial charge in [-0.3, -0.25) is 4.79 Å². The molecule has 1 unspecified atom stereocenters. The van der Waals surface area contributed by atoms with Gasteiger partial charge in [-0.25, -0.2) is 4.98 Å². The van der Waals surface area contributed by atoms with Crippen molar-refractivity contribution in [2.45, 2.75) is 32.9 Å². The molecule has 6 heteroatoms. The number of benzene rings is 2. The second-order valence-electron chi connectivity index (χ2n) is 7.73. The van der Waals surface area contributed by atoms with E-state index in [4.69, 9.17) is 9.72 Å². The quantitative estimate of drug-likeness (QED) is 0.490. The highest BCUT2D eigenvalue weighted by Gasteiger charge is 2.20. The Morgan fingerprint density at radius 1 is 1.17 bits per heavy atom. The number of amides is 1. The van der Waals surface area contributed by atoms with Gasteiger partial charge in [0.1, 0.15) is 18.1 Å². The summed E-state index contributed by atoms with van der Waals surface area (Å²) in [6.07, 6.45) is 2.73. The number of H-pyrrole nitrogens is 1. The van der Waals surface area contributed by atoms with Crippen LogP contribution < -0.4 is 10.1 Å². The van der Waals surface area contributed by atoms with Gasteiger partial charge in [0.25, 0.3) is 0 Å². The van der Waals surface area contributed by atoms with E-state index < -0.39 is 0 Å². The summed E-state index contributed by atoms with van der Waals surface area (Å²) in [7, 11) is 1.66. The van der Waals surface area contributed by atoms with E-state index in [1.54, 1.807) is 7.11 Å². The lowest BCUT2D eigenvalue weighted by molar-refractivity contribution is -0.122. The van der Waals surface area contributed by atoms with Crippen molar-refractivity contribution in [3.8, 4) is 5.75 Å². The van der Waals surface area contributed by atoms with Crippen LogP contribution in [0, 0.1) is 5.92 Å². The van der Waals surface area contributed by atoms with E-state index in [1.165, 1.54) is 0 Å². The first-order valence-electron chi connectivity index (χ1n) is 9.91. The largest absolute Gasteiger partial charge is 0.496 e. The van der Waals surface area contributed by atoms with Crippen LogP contribution in [0.5, 0.6) is 5.75 Å². The van der Waals surface area contributed by atoms with Gasteiger partial charge in [0, 0.05) is 11.6 Å². The minimum Gasteiger partial charge on any atom is -0.496 e. The van der Waals surface area contributed by atoms with E-state index in [1.807, 2.05) is 59.3 Å². The van der Waals surface area contributed by atoms with Crippen LogP contribution in [0.3, 0.4) is 0 Å². The zero-order chi connectivity index (χ0) is 20.4. The Morgan fingerprint density at radius 2 is 2.00 bits per heavy atom. The molecule has 4 aromatic rings. The van der Waals surface area contributed by atoms with Crippen LogP contribution in [-0.4, -0.2) is 27.6 Å². The molecule has 150 valence electrons. The molecule has 0 fully saturated rings. The van der Waals surface area contributed by atoms with Crippen LogP contribution in [-0.2, 0) is 11.3 Å². The third kappa shape index (κ3) is 3.97. The van der Waals surface area contributed by atoms with Crippen LogP contribution in [0.2, 0.25) is 0 Å². The minimum atomic E-state index is -0.161. The Morgan fingerprint density at radius 3 is 2.76 bits per heavy atom. The van der Waals surface area contributed by atoms with E-state index in [-0.39, 0.29) is 18.5 Å². The van der Waals surface area contributed by atoms with E-state index in [0.29, 0.717) is 5.92 Å². The maximum atomic E-state index is 12.9. The van der Waals surface area contributed by atoms with Crippen molar-refractivity contribution in [3.63, 3.8) is 0 Å². The van der Waals surface area contributed by atoms with Crippen LogP contribution in [0.25, 0.3) is 21.9 Å². The molecule has 0 bridgehead atoms. The number of ether oxygens (including phenoxy) is 1. The fraction of sp³-hybridized carbons (Fsp3) is 0.304. The molecule has 2 aromatic heterocycles. The van der Waals surface area contributed by atoms with Crippen molar-refractivity contribution >= 4 is 27.8 Å². The molecule has 4 rings (SSSR count). The summed E-state index contributed by atoms with van der Waals surface area (Å²) in [4.78, 5) is 20.9. The van der Waals surface area contributed by atoms with Gasteiger partial charge < -0.3 is 19.6 Å². The molecule has 0 saturated heterocycles. The van der Waals surface area contributed by atoms with E-state index in [2.05, 4.69) is 24.1 Å². The molecule has 0 aliphatic carbocycles. The molecule has 2 heterocycles. The Hall–Kier alpha value is -3.28. The van der Waals surface area contributed by atoms with Crippen molar-refractivity contribution < 1.29 is 9.53 Å². The number of fused-ring (bicyclic) bond motifs is 2. The first-order chi connectivity index (χ1) is 14.0. The summed E-state index contributed by atoms with van der Waals surface area (Å²) in [5.74, 6) is 1.98. The van der Waals surface area contributed by atoms with Gasteiger partial charge in [0.2, 0.25) is 5.91 Å². The molecular formula is C23H26N4O2. The van der Waals surface area contributed by atoms with Crippen molar-refractivity contribution in [2.75, 3.05) is 7.11 Å². The summed E-state index contributed by atoms with van der Waals surface area (Å²) in [5.41, 5.74) is 2.87. The number of carbonyl (C=O) groups is 1. The summed E-state index contributed by atoms with van der Waals surface area (Å²) in [6, 6.07) is 15.6. The van der Waals surface area contributed by atoms with Crippen molar-refractivity contribution in [3.05, 3.63) is 60.6 Å². The van der Waals surface area contributed by atoms with Gasteiger partial charge in [-0.15, -0.1) is 0 Å². The summed E-state index contributed by atoms with van der Waals surface area (Å²) >= 11 is 0. The van der Waals surface area contributed by atoms with Gasteiger partial charge in [0.05, 0.1) is 29.7 Å². The number of nitrogens with one attached hydrogen (secondary N) is 2. The first kappa shape index (κ1) is 19.1. The molecule has 2 aromatic carbocycles. The standard InChI is InChI=1S/C23H26N4O2/c1-15(2)13-19(23-25-17-7-4-5-8-18(17)26-23)24-22(28)14-27-12-11-16-20(27)9-6-10-21(16)29-3/h4-12,15,19H,13-14H2,1-3H3,(H,24,28)(H,25,26). The van der Waals surface area contributed by atoms with E-state index >= 15 is 0 Å². The van der Waals surface area contributed by atoms with Gasteiger partial charge in [0.15, 0.2) is 0 Å². The smallest absolute Gasteiger partial charge is 0.240 e. The molecule has 6 nitrogen and oxygen atoms in total. The van der Waals surface area contributed by atoms with Gasteiger partial charge in [-0.2, -0.15) is 0 Å². The molecule has 0 radical (unpaired) electrons. The Kier molecular flexibility index (Phi) is 5.25. The topological polar surface area (TPSA) is 71.9 Å². The van der Waals surface area contributed by atoms with Gasteiger partial charge in [-0.05, 0) is 42.7 Å². The lowest BCUT2D eigenvalue weighted by atomic mass is 10.0. The van der Waals surface area contributed by atoms with Crippen LogP contribution in [0.4, 0.5) is 0 Å². The Labute approximate surface area is 169 Å². The lowest BCUT2D eigenvalue weighted by Gasteiger charge is -2.19. The van der Waals surface area contributed by atoms with Crippen molar-refractivity contribution in [2.24, 2.45) is 5.92 Å². The number of methoxy groups -OCH3 is 1. The number of hydrogen-bond donors (Lipinski definition) is 2. The second kappa shape index (κ2) is 7.99. The van der Waals surface area contributed by atoms with Crippen molar-refractivity contribution in [1.82, 2.24) is 19.9 Å². The maximum Gasteiger partial charge on any atom is 0.240 e. The minimum absolute atomic E-state index is 0.0450. The summed E-state index contributed by atoms with van der Waals surface area (Å²) in [5, 5.41) is 4.17. The normalized spacial score (nSPS) is 12.6. The zero-order valence-corrected chi connectivity index (χ0v) is 17.0. The number of hydrogen-bond acceptors (Lipinski definition) is 3. The zero-order valence-electron chi connectivity index (χ0n) is 17.0. The number of para-hydroxylation sites is 2. The molecule has 0 saturated carbocycles. The molecule has 29 heavy (non-hydrogen) atoms. The van der Waals surface area contributed by atoms with Crippen molar-refractivity contribution in [1.29, 1.82) is 0 Å². The number of aromatic amines is 1. The van der Waals surface area contributed by atoms with Gasteiger partial charge in [-0.1, -0.05) is 32.0 Å². The fourth-order valence-corrected chi connectivity index (χ4v) is 3.75. The highest BCUT2D eigenvalue weighted by Crippen LogP contribution is 2.26. The average Bonchev–Trinajstić information content (AvgIpc) is 3.31. The molecule has 0 aliphatic heterocycles. The lowest BCUT2D eigenvalue weighted by Crippen LogP contribution is -2.32. The third-order valence-corrected chi connectivity index (χ3v) is 5.09. The number of carbonyl (C=O) groups excluding carboxylic acids is 1. The number of rotatable bonds is 7. The molecule has 1 atom stereocenters. The maximum absolute atomic E-state index is 12.9. The number of imidazole rings is 1. The number of aromatic nitrogens is 3. The molecular weight excluding hydrogens is 364 g/mol. The highest BCUT2D eigenvalue weighted by atomic mass is 16.5. The number of nitrogens with zero attached hydrogens (tertiary/aromatic N) is 2. The fourth-order valence-electron chi connectivity index (χ4n) is 3.75. The third-order valence-electron chi connectivity index (χ3n) is 5.09. The average molecular weight is 390 g/mol. The Bertz CT molecular complexity index is 1110. The predicted octanol–water partition coefficient (Wildman–Crippen LogP) is 4.43. The first-order valence-corrected chi connectivity index (χ1v) is 9.91. The van der Waals surface area contributed by atoms with Gasteiger partial charge >= 0.3 is 0 Å². The highest BCUT2D eigenvalue weighted by molar-refractivity contribution is 5.88. The monoisotopic (exact) mass is 390 g/mol. The molecule has 1 amide bonds. The van der Waals surface area contributed by atoms with Crippen LogP contribution in [0.15, 0.2) is 54.7 Å². The SMILES string of the molecule is COc1cccc2c1ccn2CC(=O)NC(CC(C)C)c1nc2ccccc2[nH]1. The van der Waals surface area contributed by atoms with Crippen LogP contribution in [0.1, 0.15) is 32.1 Å².